The molecule has 3 aromatic rings. The van der Waals surface area contributed by atoms with Gasteiger partial charge < -0.3 is 18.9 Å². The smallest absolute Gasteiger partial charge is 0.387 e. The summed E-state index contributed by atoms with van der Waals surface area (Å²) in [5.74, 6) is 3.77. The number of hydrogen-bond acceptors (Lipinski definition) is 5. The molecule has 0 saturated carbocycles. The van der Waals surface area contributed by atoms with Crippen molar-refractivity contribution >= 4 is 22.9 Å². The van der Waals surface area contributed by atoms with Gasteiger partial charge in [0.05, 0.1) is 29.2 Å². The fraction of sp³-hybridized carbons (Fsp3) is 0.320. The van der Waals surface area contributed by atoms with E-state index < -0.39 is 37.5 Å². The predicted molar refractivity (Wildman–Crippen MR) is 119 cm³/mol. The van der Waals surface area contributed by atoms with Crippen molar-refractivity contribution in [2.24, 2.45) is 0 Å². The Morgan fingerprint density at radius 3 is 2.82 bits per heavy atom. The molecule has 174 valence electrons. The Hall–Kier alpha value is -3.93. The summed E-state index contributed by atoms with van der Waals surface area (Å²) in [4.78, 5) is 30.7. The van der Waals surface area contributed by atoms with Gasteiger partial charge in [0, 0.05) is 40.1 Å². The van der Waals surface area contributed by atoms with Crippen molar-refractivity contribution in [1.29, 1.82) is 0 Å². The minimum absolute atomic E-state index is 0.0262. The predicted octanol–water partition coefficient (Wildman–Crippen LogP) is 4.06. The van der Waals surface area contributed by atoms with Crippen molar-refractivity contribution in [3.63, 3.8) is 0 Å². The summed E-state index contributed by atoms with van der Waals surface area (Å²) in [5, 5.41) is 0. The van der Waals surface area contributed by atoms with Crippen LogP contribution in [-0.4, -0.2) is 46.0 Å². The van der Waals surface area contributed by atoms with Gasteiger partial charge in [-0.05, 0) is 44.2 Å². The molecule has 9 heteroatoms. The number of nitrogens with zero attached hydrogens (tertiary/aromatic N) is 3. The van der Waals surface area contributed by atoms with Crippen LogP contribution in [0.2, 0.25) is 0 Å². The number of hydrogen-bond donors (Lipinski definition) is 0. The first kappa shape index (κ1) is 18.5. The van der Waals surface area contributed by atoms with E-state index in [2.05, 4.69) is 16.8 Å². The summed E-state index contributed by atoms with van der Waals surface area (Å²) in [6.07, 6.45) is -0.213. The normalized spacial score (nSPS) is 20.1. The van der Waals surface area contributed by atoms with Gasteiger partial charge in [-0.15, -0.1) is 0 Å². The molecule has 2 aliphatic heterocycles. The molecule has 3 heterocycles. The highest BCUT2D eigenvalue weighted by atomic mass is 19.3. The fourth-order valence-electron chi connectivity index (χ4n) is 4.55. The molecule has 2 aromatic carbocycles. The molecular weight excluding hydrogens is 444 g/mol. The van der Waals surface area contributed by atoms with Gasteiger partial charge in [-0.2, -0.15) is 8.78 Å². The largest absolute Gasteiger partial charge is 0.453 e. The first-order valence-corrected chi connectivity index (χ1v) is 10.6. The van der Waals surface area contributed by atoms with Crippen LogP contribution in [0.3, 0.4) is 0 Å². The van der Waals surface area contributed by atoms with E-state index in [4.69, 9.17) is 13.6 Å². The molecule has 1 amide bonds. The summed E-state index contributed by atoms with van der Waals surface area (Å²) in [6, 6.07) is 7.46. The summed E-state index contributed by atoms with van der Waals surface area (Å²) in [5.41, 5.74) is 1.65. The quantitative estimate of drug-likeness (QED) is 0.428. The number of carbonyl (C=O) groups is 2. The van der Waals surface area contributed by atoms with Gasteiger partial charge >= 0.3 is 12.6 Å². The Morgan fingerprint density at radius 1 is 1.26 bits per heavy atom. The first-order chi connectivity index (χ1) is 17.5. The van der Waals surface area contributed by atoms with Gasteiger partial charge in [-0.1, -0.05) is 12.0 Å². The number of rotatable bonds is 3. The molecule has 0 radical (unpaired) electrons. The number of ether oxygens (including phenoxy) is 2. The highest BCUT2D eigenvalue weighted by molar-refractivity contribution is 5.98. The van der Waals surface area contributed by atoms with Crippen molar-refractivity contribution in [3.05, 3.63) is 58.9 Å². The van der Waals surface area contributed by atoms with E-state index in [1.54, 1.807) is 36.6 Å². The number of benzene rings is 2. The number of aromatic nitrogens is 2. The maximum atomic E-state index is 13.4. The lowest BCUT2D eigenvalue weighted by Gasteiger charge is -2.24. The summed E-state index contributed by atoms with van der Waals surface area (Å²) in [7, 11) is 0. The summed E-state index contributed by atoms with van der Waals surface area (Å²) < 4.78 is 62.3. The Bertz CT molecular complexity index is 1490. The SMILES string of the molecule is [2H]C([2H])([2H])N1C(=O)c2cccc(OC(F)F)c2[C@H]2C[C@@H]1c1nc3ccc(C#CC(=O)OC(C)C)cc3n12. The van der Waals surface area contributed by atoms with E-state index in [9.17, 15) is 18.4 Å². The van der Waals surface area contributed by atoms with Crippen molar-refractivity contribution in [3.8, 4) is 17.6 Å². The molecule has 2 bridgehead atoms. The zero-order chi connectivity index (χ0) is 26.6. The molecule has 5 rings (SSSR count). The van der Waals surface area contributed by atoms with Crippen molar-refractivity contribution < 1.29 is 32.0 Å². The monoisotopic (exact) mass is 468 g/mol. The molecule has 0 aliphatic carbocycles. The summed E-state index contributed by atoms with van der Waals surface area (Å²) >= 11 is 0. The van der Waals surface area contributed by atoms with Crippen molar-refractivity contribution in [2.45, 2.75) is 45.1 Å². The molecule has 0 saturated heterocycles. The second kappa shape index (κ2) is 8.13. The molecular formula is C25H21F2N3O4. The van der Waals surface area contributed by atoms with Crippen LogP contribution in [0.4, 0.5) is 8.78 Å². The number of imidazole rings is 1. The average Bonchev–Trinajstić information content (AvgIpc) is 3.29. The molecule has 0 unspecified atom stereocenters. The number of fused-ring (bicyclic) bond motifs is 9. The third-order valence-electron chi connectivity index (χ3n) is 5.80. The fourth-order valence-corrected chi connectivity index (χ4v) is 4.55. The van der Waals surface area contributed by atoms with Gasteiger partial charge in [-0.25, -0.2) is 9.78 Å². The zero-order valence-corrected chi connectivity index (χ0v) is 18.2. The van der Waals surface area contributed by atoms with Gasteiger partial charge in [0.2, 0.25) is 0 Å². The molecule has 0 spiro atoms. The highest BCUT2D eigenvalue weighted by Gasteiger charge is 2.45. The third kappa shape index (κ3) is 3.55. The highest BCUT2D eigenvalue weighted by Crippen LogP contribution is 2.49. The molecule has 0 fully saturated rings. The minimum atomic E-state index is -3.15. The van der Waals surface area contributed by atoms with Crippen LogP contribution < -0.4 is 4.74 Å². The van der Waals surface area contributed by atoms with Crippen molar-refractivity contribution in [2.75, 3.05) is 6.98 Å². The molecule has 2 aliphatic rings. The van der Waals surface area contributed by atoms with Gasteiger partial charge in [-0.3, -0.25) is 4.79 Å². The average molecular weight is 468 g/mol. The van der Waals surface area contributed by atoms with E-state index in [-0.39, 0.29) is 29.4 Å². The van der Waals surface area contributed by atoms with Crippen molar-refractivity contribution in [1.82, 2.24) is 14.5 Å². The molecule has 1 aromatic heterocycles. The first-order valence-electron chi connectivity index (χ1n) is 12.1. The maximum absolute atomic E-state index is 13.4. The van der Waals surface area contributed by atoms with Crippen LogP contribution in [-0.2, 0) is 9.53 Å². The molecule has 0 N–H and O–H groups in total. The topological polar surface area (TPSA) is 73.7 Å². The van der Waals surface area contributed by atoms with Gasteiger partial charge in [0.15, 0.2) is 0 Å². The Kier molecular flexibility index (Phi) is 4.42. The molecule has 34 heavy (non-hydrogen) atoms. The zero-order valence-electron chi connectivity index (χ0n) is 21.2. The van der Waals surface area contributed by atoms with E-state index in [1.165, 1.54) is 18.2 Å². The van der Waals surface area contributed by atoms with E-state index >= 15 is 0 Å². The second-order valence-corrected chi connectivity index (χ2v) is 8.29. The van der Waals surface area contributed by atoms with E-state index in [0.29, 0.717) is 22.4 Å². The lowest BCUT2D eigenvalue weighted by Crippen LogP contribution is -2.30. The van der Waals surface area contributed by atoms with Crippen LogP contribution in [0.5, 0.6) is 5.75 Å². The molecule has 7 nitrogen and oxygen atoms in total. The van der Waals surface area contributed by atoms with Crippen LogP contribution in [0.1, 0.15) is 63.8 Å². The van der Waals surface area contributed by atoms with Gasteiger partial charge in [0.25, 0.3) is 5.91 Å². The lowest BCUT2D eigenvalue weighted by molar-refractivity contribution is -0.140. The Labute approximate surface area is 198 Å². The number of amides is 1. The van der Waals surface area contributed by atoms with Crippen LogP contribution in [0.25, 0.3) is 11.0 Å². The molecule has 2 atom stereocenters. The van der Waals surface area contributed by atoms with E-state index in [1.807, 2.05) is 0 Å². The van der Waals surface area contributed by atoms with Crippen LogP contribution in [0.15, 0.2) is 36.4 Å². The lowest BCUT2D eigenvalue weighted by atomic mass is 9.97. The number of esters is 1. The Balaban J connectivity index is 1.71. The van der Waals surface area contributed by atoms with Gasteiger partial charge in [0.1, 0.15) is 11.6 Å². The van der Waals surface area contributed by atoms with Crippen LogP contribution >= 0.6 is 0 Å². The second-order valence-electron chi connectivity index (χ2n) is 8.29. The standard InChI is InChI=1S/C25H21F2N3O4/c1-13(2)33-21(31)10-8-14-7-9-16-17(11-14)30-18-12-19(23(30)28-16)29(3)24(32)15-5-4-6-20(22(15)18)34-25(26)27/h4-7,9,11,13,18-19,25H,12H2,1-3H3/t18-,19-/m1/s1/i3D3. The van der Waals surface area contributed by atoms with Crippen LogP contribution in [0, 0.1) is 11.8 Å². The Morgan fingerprint density at radius 2 is 2.09 bits per heavy atom. The maximum Gasteiger partial charge on any atom is 0.387 e. The number of halogens is 2. The third-order valence-corrected chi connectivity index (χ3v) is 5.80. The number of alkyl halides is 2. The summed E-state index contributed by atoms with van der Waals surface area (Å²) in [6.45, 7) is -2.54. The minimum Gasteiger partial charge on any atom is -0.453 e. The van der Waals surface area contributed by atoms with E-state index in [0.717, 1.165) is 4.90 Å². The number of carbonyl (C=O) groups excluding carboxylic acids is 2.